The number of halogens is 1. The molecule has 1 aromatic carbocycles. The summed E-state index contributed by atoms with van der Waals surface area (Å²) in [4.78, 5) is 21.1. The highest BCUT2D eigenvalue weighted by molar-refractivity contribution is 5.96. The lowest BCUT2D eigenvalue weighted by molar-refractivity contribution is 0.592. The molecular weight excluding hydrogens is 479 g/mol. The van der Waals surface area contributed by atoms with Crippen LogP contribution in [0.5, 0.6) is 0 Å². The standard InChI is InChI=1S/C29H27FN8/c1-17(10-22(14-31-2)34-21-8-3-4-9-21)19-12-23-27(37-38-28(23)33-13-19)29-35-25-16-32-15-24(26(25)36-29)18-6-5-7-20(30)11-18/h5-7,10-16,21,34H,2-4,8-9H2,1H3,(H,35,36)(H,33,37,38)/b17-10+,22-14+. The number of H-pyrrole nitrogens is 2. The summed E-state index contributed by atoms with van der Waals surface area (Å²) in [5.41, 5.74) is 7.15. The molecule has 4 heterocycles. The molecule has 38 heavy (non-hydrogen) atoms. The first-order chi connectivity index (χ1) is 18.6. The van der Waals surface area contributed by atoms with Gasteiger partial charge in [-0.1, -0.05) is 25.0 Å². The number of fused-ring (bicyclic) bond motifs is 2. The van der Waals surface area contributed by atoms with E-state index in [0.717, 1.165) is 39.0 Å². The van der Waals surface area contributed by atoms with Crippen molar-refractivity contribution in [2.45, 2.75) is 38.6 Å². The van der Waals surface area contributed by atoms with Gasteiger partial charge in [-0.05, 0) is 67.5 Å². The summed E-state index contributed by atoms with van der Waals surface area (Å²) in [5, 5.41) is 11.9. The molecule has 0 atom stereocenters. The summed E-state index contributed by atoms with van der Waals surface area (Å²) in [5.74, 6) is 0.297. The Morgan fingerprint density at radius 3 is 2.87 bits per heavy atom. The minimum atomic E-state index is -0.308. The maximum Gasteiger partial charge on any atom is 0.181 e. The molecule has 0 spiro atoms. The Kier molecular flexibility index (Phi) is 6.25. The van der Waals surface area contributed by atoms with Gasteiger partial charge in [-0.15, -0.1) is 0 Å². The number of imidazole rings is 1. The van der Waals surface area contributed by atoms with E-state index in [1.165, 1.54) is 37.8 Å². The molecule has 190 valence electrons. The molecule has 1 saturated carbocycles. The number of aromatic nitrogens is 6. The molecule has 4 aromatic heterocycles. The molecule has 5 aromatic rings. The van der Waals surface area contributed by atoms with E-state index in [9.17, 15) is 4.39 Å². The van der Waals surface area contributed by atoms with Gasteiger partial charge in [0.1, 0.15) is 11.5 Å². The smallest absolute Gasteiger partial charge is 0.181 e. The SMILES string of the molecule is C=N/C=C(\C=C(/C)c1cnc2n[nH]c(-c3nc4c(-c5cccc(F)c5)cncc4[nH]3)c2c1)NC1CCCC1. The van der Waals surface area contributed by atoms with Gasteiger partial charge in [0.05, 0.1) is 28.3 Å². The van der Waals surface area contributed by atoms with Crippen LogP contribution in [-0.2, 0) is 0 Å². The number of nitrogens with zero attached hydrogens (tertiary/aromatic N) is 5. The molecule has 1 aliphatic carbocycles. The third-order valence-electron chi connectivity index (χ3n) is 6.96. The highest BCUT2D eigenvalue weighted by Crippen LogP contribution is 2.31. The van der Waals surface area contributed by atoms with Crippen molar-refractivity contribution >= 4 is 34.4 Å². The van der Waals surface area contributed by atoms with Crippen molar-refractivity contribution in [3.8, 4) is 22.6 Å². The second-order valence-electron chi connectivity index (χ2n) is 9.59. The molecule has 0 unspecified atom stereocenters. The van der Waals surface area contributed by atoms with Crippen LogP contribution in [0.15, 0.2) is 71.9 Å². The molecule has 9 heteroatoms. The van der Waals surface area contributed by atoms with Crippen LogP contribution < -0.4 is 5.32 Å². The summed E-state index contributed by atoms with van der Waals surface area (Å²) in [6, 6.07) is 8.94. The van der Waals surface area contributed by atoms with Gasteiger partial charge in [0.25, 0.3) is 0 Å². The number of pyridine rings is 2. The molecular formula is C29H27FN8. The number of allylic oxidation sites excluding steroid dienone is 2. The largest absolute Gasteiger partial charge is 0.381 e. The van der Waals surface area contributed by atoms with Gasteiger partial charge in [-0.3, -0.25) is 15.1 Å². The molecule has 3 N–H and O–H groups in total. The van der Waals surface area contributed by atoms with E-state index in [4.69, 9.17) is 4.98 Å². The van der Waals surface area contributed by atoms with Gasteiger partial charge >= 0.3 is 0 Å². The van der Waals surface area contributed by atoms with Crippen molar-refractivity contribution in [1.82, 2.24) is 35.5 Å². The zero-order valence-electron chi connectivity index (χ0n) is 21.0. The summed E-state index contributed by atoms with van der Waals surface area (Å²) >= 11 is 0. The Bertz CT molecular complexity index is 1700. The average Bonchev–Trinajstić information content (AvgIpc) is 3.67. The van der Waals surface area contributed by atoms with Crippen LogP contribution in [0.2, 0.25) is 0 Å². The number of aromatic amines is 2. The third kappa shape index (κ3) is 4.58. The first-order valence-corrected chi connectivity index (χ1v) is 12.6. The molecule has 0 amide bonds. The van der Waals surface area contributed by atoms with Gasteiger partial charge in [0.15, 0.2) is 11.5 Å². The summed E-state index contributed by atoms with van der Waals surface area (Å²) in [6.45, 7) is 5.68. The second kappa shape index (κ2) is 10.0. The molecule has 8 nitrogen and oxygen atoms in total. The van der Waals surface area contributed by atoms with Crippen molar-refractivity contribution in [3.05, 3.63) is 78.3 Å². The lowest BCUT2D eigenvalue weighted by Crippen LogP contribution is -2.24. The van der Waals surface area contributed by atoms with Crippen LogP contribution in [0.4, 0.5) is 4.39 Å². The predicted octanol–water partition coefficient (Wildman–Crippen LogP) is 6.18. The topological polar surface area (TPSA) is 108 Å². The Morgan fingerprint density at radius 2 is 2.05 bits per heavy atom. The molecule has 0 bridgehead atoms. The maximum absolute atomic E-state index is 13.9. The van der Waals surface area contributed by atoms with E-state index in [0.29, 0.717) is 28.6 Å². The van der Waals surface area contributed by atoms with Crippen molar-refractivity contribution in [3.63, 3.8) is 0 Å². The van der Waals surface area contributed by atoms with Crippen molar-refractivity contribution < 1.29 is 4.39 Å². The molecule has 1 fully saturated rings. The number of hydrogen-bond acceptors (Lipinski definition) is 6. The van der Waals surface area contributed by atoms with Crippen LogP contribution in [-0.4, -0.2) is 42.9 Å². The molecule has 0 radical (unpaired) electrons. The van der Waals surface area contributed by atoms with E-state index >= 15 is 0 Å². The molecule has 6 rings (SSSR count). The highest BCUT2D eigenvalue weighted by atomic mass is 19.1. The van der Waals surface area contributed by atoms with Crippen molar-refractivity contribution in [2.24, 2.45) is 4.99 Å². The number of aliphatic imine (C=N–C) groups is 1. The fraction of sp³-hybridized carbons (Fsp3) is 0.207. The lowest BCUT2D eigenvalue weighted by Gasteiger charge is -2.14. The normalized spacial score (nSPS) is 15.0. The van der Waals surface area contributed by atoms with E-state index in [1.807, 2.05) is 19.2 Å². The van der Waals surface area contributed by atoms with Gasteiger partial charge in [0, 0.05) is 30.2 Å². The fourth-order valence-electron chi connectivity index (χ4n) is 5.05. The maximum atomic E-state index is 13.9. The van der Waals surface area contributed by atoms with E-state index in [2.05, 4.69) is 54.3 Å². The van der Waals surface area contributed by atoms with E-state index < -0.39 is 0 Å². The van der Waals surface area contributed by atoms with Crippen molar-refractivity contribution in [2.75, 3.05) is 0 Å². The number of benzene rings is 1. The van der Waals surface area contributed by atoms with Crippen LogP contribution in [0.25, 0.3) is 50.3 Å². The minimum absolute atomic E-state index is 0.308. The van der Waals surface area contributed by atoms with E-state index in [1.54, 1.807) is 24.7 Å². The summed E-state index contributed by atoms with van der Waals surface area (Å²) in [7, 11) is 0. The second-order valence-corrected chi connectivity index (χ2v) is 9.59. The van der Waals surface area contributed by atoms with Crippen molar-refractivity contribution in [1.29, 1.82) is 0 Å². The zero-order valence-corrected chi connectivity index (χ0v) is 21.0. The fourth-order valence-corrected chi connectivity index (χ4v) is 5.05. The Labute approximate surface area is 218 Å². The van der Waals surface area contributed by atoms with Crippen LogP contribution in [0.1, 0.15) is 38.2 Å². The van der Waals surface area contributed by atoms with Gasteiger partial charge in [-0.25, -0.2) is 14.4 Å². The first kappa shape index (κ1) is 23.7. The molecule has 0 saturated heterocycles. The monoisotopic (exact) mass is 506 g/mol. The lowest BCUT2D eigenvalue weighted by atomic mass is 10.1. The van der Waals surface area contributed by atoms with Gasteiger partial charge < -0.3 is 10.3 Å². The van der Waals surface area contributed by atoms with Gasteiger partial charge in [-0.2, -0.15) is 5.10 Å². The van der Waals surface area contributed by atoms with Gasteiger partial charge in [0.2, 0.25) is 0 Å². The Balaban J connectivity index is 1.37. The number of rotatable bonds is 7. The Hall–Kier alpha value is -4.66. The quantitative estimate of drug-likeness (QED) is 0.180. The highest BCUT2D eigenvalue weighted by Gasteiger charge is 2.17. The molecule has 0 aliphatic heterocycles. The third-order valence-corrected chi connectivity index (χ3v) is 6.96. The van der Waals surface area contributed by atoms with Crippen LogP contribution in [0, 0.1) is 5.82 Å². The first-order valence-electron chi connectivity index (χ1n) is 12.6. The summed E-state index contributed by atoms with van der Waals surface area (Å²) in [6.07, 6.45) is 13.9. The van der Waals surface area contributed by atoms with Crippen LogP contribution in [0.3, 0.4) is 0 Å². The van der Waals surface area contributed by atoms with Crippen LogP contribution >= 0.6 is 0 Å². The van der Waals surface area contributed by atoms with E-state index in [-0.39, 0.29) is 5.82 Å². The predicted molar refractivity (Wildman–Crippen MR) is 149 cm³/mol. The number of hydrogen-bond donors (Lipinski definition) is 3. The molecule has 1 aliphatic rings. The average molecular weight is 507 g/mol. The minimum Gasteiger partial charge on any atom is -0.381 e. The number of nitrogens with one attached hydrogen (secondary N) is 3. The summed E-state index contributed by atoms with van der Waals surface area (Å²) < 4.78 is 13.9. The Morgan fingerprint density at radius 1 is 1.18 bits per heavy atom. The zero-order chi connectivity index (χ0) is 26.1.